The minimum Gasteiger partial charge on any atom is -0.481 e. The molecule has 0 aromatic carbocycles. The second-order valence-electron chi connectivity index (χ2n) is 8.39. The van der Waals surface area contributed by atoms with Gasteiger partial charge in [-0.3, -0.25) is 29.0 Å². The fourth-order valence-corrected chi connectivity index (χ4v) is 3.14. The number of guanidine groups is 1. The van der Waals surface area contributed by atoms with Gasteiger partial charge in [-0.05, 0) is 45.1 Å². The second-order valence-corrected chi connectivity index (χ2v) is 8.39. The number of carbonyl (C=O) groups is 6. The van der Waals surface area contributed by atoms with Crippen molar-refractivity contribution in [2.24, 2.45) is 27.9 Å². The van der Waals surface area contributed by atoms with E-state index in [-0.39, 0.29) is 25.3 Å². The topological polar surface area (TPSA) is 316 Å². The van der Waals surface area contributed by atoms with Gasteiger partial charge in [0, 0.05) is 13.0 Å². The molecule has 0 aromatic heterocycles. The molecule has 17 nitrogen and oxygen atoms in total. The highest BCUT2D eigenvalue weighted by Gasteiger charge is 2.31. The largest absolute Gasteiger partial charge is 0.481 e. The summed E-state index contributed by atoms with van der Waals surface area (Å²) in [6.45, 7) is 0.545. The van der Waals surface area contributed by atoms with E-state index in [2.05, 4.69) is 15.6 Å². The number of unbranched alkanes of at least 4 members (excludes halogenated alkanes) is 1. The number of hydrogen-bond acceptors (Lipinski definition) is 9. The number of carbonyl (C=O) groups excluding carboxylic acids is 3. The molecule has 0 heterocycles. The van der Waals surface area contributed by atoms with Gasteiger partial charge in [0.25, 0.3) is 0 Å². The molecule has 0 fully saturated rings. The van der Waals surface area contributed by atoms with Gasteiger partial charge in [-0.2, -0.15) is 0 Å². The summed E-state index contributed by atoms with van der Waals surface area (Å²) < 4.78 is 0. The van der Waals surface area contributed by atoms with Gasteiger partial charge in [0.05, 0.1) is 12.5 Å². The van der Waals surface area contributed by atoms with Crippen molar-refractivity contribution in [2.45, 2.75) is 75.5 Å². The van der Waals surface area contributed by atoms with Crippen molar-refractivity contribution >= 4 is 41.6 Å². The molecule has 0 spiro atoms. The third-order valence-corrected chi connectivity index (χ3v) is 5.16. The van der Waals surface area contributed by atoms with Crippen molar-refractivity contribution in [3.8, 4) is 0 Å². The maximum atomic E-state index is 13.0. The van der Waals surface area contributed by atoms with Crippen LogP contribution in [0.15, 0.2) is 4.99 Å². The zero-order chi connectivity index (χ0) is 29.3. The standard InChI is InChI=1S/C21H38N8O9/c22-8-2-1-5-12(27-17(34)11(23)4-3-9-26-21(24)25)18(35)29-14(10-16(32)33)19(36)28-13(20(37)38)6-7-15(30)31/h11-14H,1-10,22-23H2,(H,27,34)(H,28,36)(H,29,35)(H,30,31)(H,32,33)(H,37,38)(H4,24,25,26). The van der Waals surface area contributed by atoms with Crippen LogP contribution >= 0.6 is 0 Å². The Bertz CT molecular complexity index is 864. The highest BCUT2D eigenvalue weighted by atomic mass is 16.4. The molecule has 0 aliphatic carbocycles. The zero-order valence-corrected chi connectivity index (χ0v) is 20.9. The number of nitrogens with two attached hydrogens (primary N) is 4. The Balaban J connectivity index is 5.47. The summed E-state index contributed by atoms with van der Waals surface area (Å²) in [4.78, 5) is 75.3. The first-order valence-corrected chi connectivity index (χ1v) is 11.9. The van der Waals surface area contributed by atoms with E-state index in [1.165, 1.54) is 0 Å². The number of aliphatic imine (C=N–C) groups is 1. The molecule has 3 amide bonds. The van der Waals surface area contributed by atoms with Crippen LogP contribution in [0.2, 0.25) is 0 Å². The molecule has 0 radical (unpaired) electrons. The molecule has 14 N–H and O–H groups in total. The quantitative estimate of drug-likeness (QED) is 0.0401. The van der Waals surface area contributed by atoms with Gasteiger partial charge in [0.1, 0.15) is 18.1 Å². The molecule has 4 atom stereocenters. The average Bonchev–Trinajstić information content (AvgIpc) is 2.82. The van der Waals surface area contributed by atoms with Gasteiger partial charge in [-0.1, -0.05) is 0 Å². The highest BCUT2D eigenvalue weighted by molar-refractivity contribution is 5.95. The van der Waals surface area contributed by atoms with E-state index in [1.54, 1.807) is 0 Å². The molecular weight excluding hydrogens is 508 g/mol. The Morgan fingerprint density at radius 3 is 1.82 bits per heavy atom. The van der Waals surface area contributed by atoms with E-state index >= 15 is 0 Å². The van der Waals surface area contributed by atoms with Crippen molar-refractivity contribution in [1.82, 2.24) is 16.0 Å². The first-order chi connectivity index (χ1) is 17.8. The minimum absolute atomic E-state index is 0.0905. The Labute approximate surface area is 218 Å². The van der Waals surface area contributed by atoms with Crippen LogP contribution in [0, 0.1) is 0 Å². The maximum Gasteiger partial charge on any atom is 0.326 e. The zero-order valence-electron chi connectivity index (χ0n) is 20.9. The minimum atomic E-state index is -1.71. The van der Waals surface area contributed by atoms with Crippen LogP contribution in [0.5, 0.6) is 0 Å². The molecule has 0 aliphatic heterocycles. The Morgan fingerprint density at radius 1 is 0.711 bits per heavy atom. The lowest BCUT2D eigenvalue weighted by Gasteiger charge is -2.24. The van der Waals surface area contributed by atoms with Crippen molar-refractivity contribution in [2.75, 3.05) is 13.1 Å². The highest BCUT2D eigenvalue weighted by Crippen LogP contribution is 2.06. The molecule has 0 bridgehead atoms. The van der Waals surface area contributed by atoms with Crippen LogP contribution in [-0.2, 0) is 28.8 Å². The third kappa shape index (κ3) is 15.2. The Hall–Kier alpha value is -3.99. The van der Waals surface area contributed by atoms with E-state index in [0.717, 1.165) is 0 Å². The number of aliphatic carboxylic acids is 3. The lowest BCUT2D eigenvalue weighted by Crippen LogP contribution is -2.57. The summed E-state index contributed by atoms with van der Waals surface area (Å²) in [6, 6.07) is -5.57. The van der Waals surface area contributed by atoms with Gasteiger partial charge in [-0.15, -0.1) is 0 Å². The van der Waals surface area contributed by atoms with E-state index in [9.17, 15) is 39.0 Å². The predicted octanol–water partition coefficient (Wildman–Crippen LogP) is -3.63. The monoisotopic (exact) mass is 546 g/mol. The number of nitrogens with zero attached hydrogens (tertiary/aromatic N) is 1. The van der Waals surface area contributed by atoms with Crippen LogP contribution in [0.25, 0.3) is 0 Å². The summed E-state index contributed by atoms with van der Waals surface area (Å²) in [5.41, 5.74) is 21.8. The van der Waals surface area contributed by atoms with Crippen LogP contribution in [0.3, 0.4) is 0 Å². The molecule has 38 heavy (non-hydrogen) atoms. The van der Waals surface area contributed by atoms with Gasteiger partial charge >= 0.3 is 17.9 Å². The summed E-state index contributed by atoms with van der Waals surface area (Å²) in [6.07, 6.45) is -0.379. The number of carboxylic acid groups (broad SMARTS) is 3. The van der Waals surface area contributed by atoms with Gasteiger partial charge in [0.2, 0.25) is 17.7 Å². The molecule has 0 aromatic rings. The molecular formula is C21H38N8O9. The van der Waals surface area contributed by atoms with E-state index < -0.39 is 79.1 Å². The molecule has 0 saturated carbocycles. The van der Waals surface area contributed by atoms with E-state index in [1.807, 2.05) is 5.32 Å². The lowest BCUT2D eigenvalue weighted by molar-refractivity contribution is -0.144. The van der Waals surface area contributed by atoms with Crippen LogP contribution < -0.4 is 38.9 Å². The molecule has 17 heteroatoms. The Kier molecular flexibility index (Phi) is 16.4. The van der Waals surface area contributed by atoms with Crippen LogP contribution in [0.4, 0.5) is 0 Å². The predicted molar refractivity (Wildman–Crippen MR) is 133 cm³/mol. The first kappa shape index (κ1) is 34.0. The number of hydrogen-bond donors (Lipinski definition) is 10. The summed E-state index contributed by atoms with van der Waals surface area (Å²) in [5.74, 6) is -7.16. The maximum absolute atomic E-state index is 13.0. The van der Waals surface area contributed by atoms with E-state index in [4.69, 9.17) is 28.0 Å². The van der Waals surface area contributed by atoms with Crippen molar-refractivity contribution < 1.29 is 44.1 Å². The summed E-state index contributed by atoms with van der Waals surface area (Å²) >= 11 is 0. The van der Waals surface area contributed by atoms with Crippen molar-refractivity contribution in [3.63, 3.8) is 0 Å². The number of carboxylic acids is 3. The molecule has 0 rings (SSSR count). The summed E-state index contributed by atoms with van der Waals surface area (Å²) in [7, 11) is 0. The third-order valence-electron chi connectivity index (χ3n) is 5.16. The molecule has 4 unspecified atom stereocenters. The second kappa shape index (κ2) is 18.3. The molecule has 0 saturated heterocycles. The smallest absolute Gasteiger partial charge is 0.326 e. The SMILES string of the molecule is NCCCCC(NC(=O)C(N)CCCN=C(N)N)C(=O)NC(CC(=O)O)C(=O)NC(CCC(=O)O)C(=O)O. The number of amides is 3. The van der Waals surface area contributed by atoms with Crippen LogP contribution in [0.1, 0.15) is 51.4 Å². The fraction of sp³-hybridized carbons (Fsp3) is 0.667. The summed E-state index contributed by atoms with van der Waals surface area (Å²) in [5, 5.41) is 33.9. The fourth-order valence-electron chi connectivity index (χ4n) is 3.14. The van der Waals surface area contributed by atoms with Gasteiger partial charge < -0.3 is 54.2 Å². The Morgan fingerprint density at radius 2 is 1.29 bits per heavy atom. The van der Waals surface area contributed by atoms with Crippen molar-refractivity contribution in [1.29, 1.82) is 0 Å². The molecule has 216 valence electrons. The average molecular weight is 547 g/mol. The first-order valence-electron chi connectivity index (χ1n) is 11.9. The van der Waals surface area contributed by atoms with Crippen molar-refractivity contribution in [3.05, 3.63) is 0 Å². The number of nitrogens with one attached hydrogen (secondary N) is 3. The van der Waals surface area contributed by atoms with Gasteiger partial charge in [-0.25, -0.2) is 4.79 Å². The van der Waals surface area contributed by atoms with Gasteiger partial charge in [0.15, 0.2) is 5.96 Å². The van der Waals surface area contributed by atoms with E-state index in [0.29, 0.717) is 25.8 Å². The lowest BCUT2D eigenvalue weighted by atomic mass is 10.1. The number of rotatable bonds is 20. The van der Waals surface area contributed by atoms with Crippen LogP contribution in [-0.4, -0.2) is 94.2 Å². The molecule has 0 aliphatic rings. The normalized spacial score (nSPS) is 13.7.